The van der Waals surface area contributed by atoms with Gasteiger partial charge in [-0.05, 0) is 18.2 Å². The van der Waals surface area contributed by atoms with Crippen LogP contribution in [-0.2, 0) is 6.18 Å². The van der Waals surface area contributed by atoms with Gasteiger partial charge in [0.25, 0.3) is 0 Å². The maximum Gasteiger partial charge on any atom is 0.417 e. The summed E-state index contributed by atoms with van der Waals surface area (Å²) in [5.74, 6) is -4.37. The van der Waals surface area contributed by atoms with Gasteiger partial charge in [0.2, 0.25) is 0 Å². The van der Waals surface area contributed by atoms with Gasteiger partial charge in [0.05, 0.1) is 16.8 Å². The third-order valence-corrected chi connectivity index (χ3v) is 2.65. The van der Waals surface area contributed by atoms with Gasteiger partial charge in [0, 0.05) is 11.8 Å². The Morgan fingerprint density at radius 2 is 1.86 bits per heavy atom. The molecule has 2 rings (SSSR count). The Bertz CT molecular complexity index is 712. The van der Waals surface area contributed by atoms with Crippen LogP contribution in [0.5, 0.6) is 0 Å². The summed E-state index contributed by atoms with van der Waals surface area (Å²) in [7, 11) is 0. The molecule has 0 bridgehead atoms. The first-order valence-electron chi connectivity index (χ1n) is 5.46. The van der Waals surface area contributed by atoms with Crippen molar-refractivity contribution in [3.8, 4) is 11.3 Å². The number of benzene rings is 1. The van der Waals surface area contributed by atoms with Crippen LogP contribution in [0.3, 0.4) is 0 Å². The highest BCUT2D eigenvalue weighted by molar-refractivity contribution is 5.95. The molecule has 0 atom stereocenters. The van der Waals surface area contributed by atoms with E-state index in [9.17, 15) is 26.7 Å². The quantitative estimate of drug-likeness (QED) is 0.860. The topological polar surface area (TPSA) is 50.2 Å². The second-order valence-electron chi connectivity index (χ2n) is 4.02. The smallest absolute Gasteiger partial charge is 0.417 e. The second-order valence-corrected chi connectivity index (χ2v) is 4.02. The van der Waals surface area contributed by atoms with Crippen LogP contribution in [-0.4, -0.2) is 16.1 Å². The number of aromatic carboxylic acids is 1. The predicted octanol–water partition coefficient (Wildman–Crippen LogP) is 3.74. The van der Waals surface area contributed by atoms with Crippen LogP contribution < -0.4 is 0 Å². The van der Waals surface area contributed by atoms with Crippen molar-refractivity contribution in [3.05, 3.63) is 53.2 Å². The molecule has 0 radical (unpaired) electrons. The van der Waals surface area contributed by atoms with E-state index in [0.29, 0.717) is 12.3 Å². The Hall–Kier alpha value is -2.51. The molecular formula is C13H6F5NO2. The van der Waals surface area contributed by atoms with E-state index in [2.05, 4.69) is 4.98 Å². The van der Waals surface area contributed by atoms with Crippen molar-refractivity contribution in [2.75, 3.05) is 0 Å². The van der Waals surface area contributed by atoms with E-state index in [0.717, 1.165) is 18.2 Å². The van der Waals surface area contributed by atoms with Crippen LogP contribution in [0, 0.1) is 11.6 Å². The fraction of sp³-hybridized carbons (Fsp3) is 0.0769. The Kier molecular flexibility index (Phi) is 3.63. The molecule has 1 aromatic heterocycles. The van der Waals surface area contributed by atoms with Gasteiger partial charge < -0.3 is 5.11 Å². The summed E-state index contributed by atoms with van der Waals surface area (Å²) < 4.78 is 64.4. The Labute approximate surface area is 114 Å². The van der Waals surface area contributed by atoms with Crippen LogP contribution >= 0.6 is 0 Å². The normalized spacial score (nSPS) is 11.5. The molecule has 21 heavy (non-hydrogen) atoms. The largest absolute Gasteiger partial charge is 0.478 e. The number of carboxylic acid groups (broad SMARTS) is 1. The number of hydrogen-bond donors (Lipinski definition) is 1. The van der Waals surface area contributed by atoms with Gasteiger partial charge in [-0.25, -0.2) is 13.6 Å². The number of alkyl halides is 3. The van der Waals surface area contributed by atoms with Gasteiger partial charge in [-0.1, -0.05) is 6.07 Å². The van der Waals surface area contributed by atoms with Crippen molar-refractivity contribution in [2.45, 2.75) is 6.18 Å². The minimum absolute atomic E-state index is 0.328. The summed E-state index contributed by atoms with van der Waals surface area (Å²) >= 11 is 0. The number of nitrogens with zero attached hydrogens (tertiary/aromatic N) is 1. The van der Waals surface area contributed by atoms with Crippen molar-refractivity contribution in [2.24, 2.45) is 0 Å². The molecule has 0 aliphatic carbocycles. The van der Waals surface area contributed by atoms with Crippen molar-refractivity contribution >= 4 is 5.97 Å². The fourth-order valence-corrected chi connectivity index (χ4v) is 1.68. The molecule has 1 N–H and O–H groups in total. The molecule has 3 nitrogen and oxygen atoms in total. The van der Waals surface area contributed by atoms with Crippen molar-refractivity contribution in [1.29, 1.82) is 0 Å². The first kappa shape index (κ1) is 14.9. The molecule has 8 heteroatoms. The molecule has 1 aromatic carbocycles. The van der Waals surface area contributed by atoms with Crippen LogP contribution in [0.2, 0.25) is 0 Å². The van der Waals surface area contributed by atoms with E-state index < -0.39 is 46.2 Å². The average Bonchev–Trinajstić information content (AvgIpc) is 2.40. The fourth-order valence-electron chi connectivity index (χ4n) is 1.68. The number of carbonyl (C=O) groups is 1. The molecule has 0 amide bonds. The van der Waals surface area contributed by atoms with Gasteiger partial charge in [0.15, 0.2) is 11.6 Å². The molecule has 0 unspecified atom stereocenters. The molecule has 0 aliphatic heterocycles. The van der Waals surface area contributed by atoms with Crippen LogP contribution in [0.1, 0.15) is 15.9 Å². The lowest BCUT2D eigenvalue weighted by Crippen LogP contribution is -2.10. The highest BCUT2D eigenvalue weighted by atomic mass is 19.4. The number of aromatic nitrogens is 1. The third-order valence-electron chi connectivity index (χ3n) is 2.65. The molecule has 1 heterocycles. The van der Waals surface area contributed by atoms with Gasteiger partial charge in [-0.3, -0.25) is 4.98 Å². The first-order valence-corrected chi connectivity index (χ1v) is 5.46. The Morgan fingerprint density at radius 3 is 2.43 bits per heavy atom. The Balaban J connectivity index is 2.70. The van der Waals surface area contributed by atoms with Crippen molar-refractivity contribution in [1.82, 2.24) is 4.98 Å². The number of carboxylic acids is 1. The lowest BCUT2D eigenvalue weighted by molar-refractivity contribution is -0.137. The second kappa shape index (κ2) is 5.12. The van der Waals surface area contributed by atoms with Crippen LogP contribution in [0.4, 0.5) is 22.0 Å². The average molecular weight is 303 g/mol. The lowest BCUT2D eigenvalue weighted by Gasteiger charge is -2.11. The predicted molar refractivity (Wildman–Crippen MR) is 61.6 cm³/mol. The van der Waals surface area contributed by atoms with E-state index in [1.54, 1.807) is 0 Å². The zero-order valence-corrected chi connectivity index (χ0v) is 10.1. The van der Waals surface area contributed by atoms with E-state index in [1.807, 2.05) is 0 Å². The molecular weight excluding hydrogens is 297 g/mol. The van der Waals surface area contributed by atoms with Gasteiger partial charge in [0.1, 0.15) is 0 Å². The number of rotatable bonds is 2. The highest BCUT2D eigenvalue weighted by Gasteiger charge is 2.33. The van der Waals surface area contributed by atoms with E-state index in [-0.39, 0.29) is 0 Å². The van der Waals surface area contributed by atoms with Gasteiger partial charge in [-0.15, -0.1) is 0 Å². The minimum atomic E-state index is -4.80. The lowest BCUT2D eigenvalue weighted by atomic mass is 10.0. The third kappa shape index (κ3) is 2.83. The number of pyridine rings is 1. The minimum Gasteiger partial charge on any atom is -0.478 e. The summed E-state index contributed by atoms with van der Waals surface area (Å²) in [5.41, 5.74) is -3.26. The zero-order valence-electron chi connectivity index (χ0n) is 10.1. The first-order chi connectivity index (χ1) is 9.71. The molecule has 110 valence electrons. The molecule has 0 saturated heterocycles. The molecule has 0 aliphatic rings. The van der Waals surface area contributed by atoms with Crippen molar-refractivity contribution in [3.63, 3.8) is 0 Å². The Morgan fingerprint density at radius 1 is 1.19 bits per heavy atom. The number of halogens is 5. The standard InChI is InChI=1S/C13H6F5NO2/c14-9-3-1-2-7(10(9)15)11-8(12(20)21)4-6(5-19-11)13(16,17)18/h1-5H,(H,20,21). The van der Waals surface area contributed by atoms with Crippen molar-refractivity contribution < 1.29 is 31.9 Å². The monoisotopic (exact) mass is 303 g/mol. The molecule has 0 fully saturated rings. The summed E-state index contributed by atoms with van der Waals surface area (Å²) in [5, 5.41) is 8.95. The van der Waals surface area contributed by atoms with Gasteiger partial charge in [-0.2, -0.15) is 13.2 Å². The molecule has 2 aromatic rings. The summed E-state index contributed by atoms with van der Waals surface area (Å²) in [6.45, 7) is 0. The number of hydrogen-bond acceptors (Lipinski definition) is 2. The molecule has 0 saturated carbocycles. The summed E-state index contributed by atoms with van der Waals surface area (Å²) in [4.78, 5) is 14.4. The summed E-state index contributed by atoms with van der Waals surface area (Å²) in [6, 6.07) is 3.25. The SMILES string of the molecule is O=C(O)c1cc(C(F)(F)F)cnc1-c1cccc(F)c1F. The van der Waals surface area contributed by atoms with Gasteiger partial charge >= 0.3 is 12.1 Å². The van der Waals surface area contributed by atoms with Crippen LogP contribution in [0.25, 0.3) is 11.3 Å². The van der Waals surface area contributed by atoms with E-state index >= 15 is 0 Å². The zero-order chi connectivity index (χ0) is 15.8. The highest BCUT2D eigenvalue weighted by Crippen LogP contribution is 2.33. The maximum absolute atomic E-state index is 13.6. The van der Waals surface area contributed by atoms with E-state index in [1.165, 1.54) is 0 Å². The maximum atomic E-state index is 13.6. The summed E-state index contributed by atoms with van der Waals surface area (Å²) in [6.07, 6.45) is -4.43. The molecule has 0 spiro atoms. The van der Waals surface area contributed by atoms with E-state index in [4.69, 9.17) is 5.11 Å². The van der Waals surface area contributed by atoms with Crippen LogP contribution in [0.15, 0.2) is 30.5 Å².